The predicted molar refractivity (Wildman–Crippen MR) is 117 cm³/mol. The van der Waals surface area contributed by atoms with Crippen molar-refractivity contribution in [2.75, 3.05) is 7.11 Å². The van der Waals surface area contributed by atoms with E-state index in [0.29, 0.717) is 37.0 Å². The van der Waals surface area contributed by atoms with Crippen LogP contribution in [0.25, 0.3) is 0 Å². The molecule has 5 heteroatoms. The molecule has 0 N–H and O–H groups in total. The molecular formula is C26H38O5. The van der Waals surface area contributed by atoms with E-state index >= 15 is 0 Å². The highest BCUT2D eigenvalue weighted by Crippen LogP contribution is 2.71. The zero-order chi connectivity index (χ0) is 21.5. The summed E-state index contributed by atoms with van der Waals surface area (Å²) in [6.45, 7) is 6.97. The number of ketones is 1. The molecule has 1 saturated heterocycles. The van der Waals surface area contributed by atoms with Crippen LogP contribution < -0.4 is 0 Å². The minimum absolute atomic E-state index is 0. The number of rotatable bonds is 1. The highest BCUT2D eigenvalue weighted by molar-refractivity contribution is 5.92. The van der Waals surface area contributed by atoms with E-state index in [-0.39, 0.29) is 53.4 Å². The third-order valence-corrected chi connectivity index (χ3v) is 10.1. The van der Waals surface area contributed by atoms with E-state index in [1.54, 1.807) is 0 Å². The fraction of sp³-hybridized carbons (Fsp3) is 0.808. The van der Waals surface area contributed by atoms with E-state index in [0.717, 1.165) is 37.7 Å². The Morgan fingerprint density at radius 2 is 1.90 bits per heavy atom. The van der Waals surface area contributed by atoms with Crippen LogP contribution in [0.5, 0.6) is 0 Å². The molecule has 1 spiro atoms. The maximum absolute atomic E-state index is 13.0. The summed E-state index contributed by atoms with van der Waals surface area (Å²) < 4.78 is 11.4. The molecule has 0 amide bonds. The zero-order valence-corrected chi connectivity index (χ0v) is 18.7. The Labute approximate surface area is 186 Å². The van der Waals surface area contributed by atoms with Crippen molar-refractivity contribution in [2.24, 2.45) is 40.4 Å². The fourth-order valence-corrected chi connectivity index (χ4v) is 8.91. The third kappa shape index (κ3) is 2.83. The molecule has 0 aromatic carbocycles. The quantitative estimate of drug-likeness (QED) is 0.555. The van der Waals surface area contributed by atoms with Gasteiger partial charge in [0.15, 0.2) is 5.78 Å². The number of esters is 2. The normalized spacial score (nSPS) is 48.1. The van der Waals surface area contributed by atoms with Crippen LogP contribution in [0.15, 0.2) is 11.6 Å². The molecule has 1 aliphatic heterocycles. The lowest BCUT2D eigenvalue weighted by atomic mass is 9.41. The Hall–Kier alpha value is -1.65. The summed E-state index contributed by atoms with van der Waals surface area (Å²) in [6, 6.07) is 0. The van der Waals surface area contributed by atoms with E-state index in [4.69, 9.17) is 9.47 Å². The van der Waals surface area contributed by atoms with Gasteiger partial charge in [0.05, 0.1) is 13.0 Å². The molecule has 0 bridgehead atoms. The fourth-order valence-electron chi connectivity index (χ4n) is 8.91. The first-order valence-electron chi connectivity index (χ1n) is 11.7. The van der Waals surface area contributed by atoms with Crippen LogP contribution in [-0.4, -0.2) is 30.4 Å². The minimum Gasteiger partial charge on any atom is -0.469 e. The molecule has 2 unspecified atom stereocenters. The second-order valence-electron chi connectivity index (χ2n) is 11.2. The van der Waals surface area contributed by atoms with E-state index in [2.05, 4.69) is 20.8 Å². The number of carbonyl (C=O) groups excluding carboxylic acids is 3. The molecule has 5 rings (SSSR count). The van der Waals surface area contributed by atoms with Gasteiger partial charge in [0.25, 0.3) is 0 Å². The number of allylic oxidation sites excluding steroid dienone is 1. The lowest BCUT2D eigenvalue weighted by molar-refractivity contribution is -0.185. The molecule has 0 aromatic heterocycles. The van der Waals surface area contributed by atoms with E-state index in [1.165, 1.54) is 7.11 Å². The summed E-state index contributed by atoms with van der Waals surface area (Å²) in [4.78, 5) is 37.4. The topological polar surface area (TPSA) is 69.7 Å². The van der Waals surface area contributed by atoms with Crippen LogP contribution in [0.2, 0.25) is 0 Å². The van der Waals surface area contributed by atoms with Crippen LogP contribution in [0.4, 0.5) is 0 Å². The van der Waals surface area contributed by atoms with Gasteiger partial charge in [0, 0.05) is 18.3 Å². The van der Waals surface area contributed by atoms with Crippen molar-refractivity contribution in [3.8, 4) is 0 Å². The van der Waals surface area contributed by atoms with Crippen molar-refractivity contribution >= 4 is 17.7 Å². The molecule has 0 aromatic rings. The Morgan fingerprint density at radius 1 is 1.16 bits per heavy atom. The highest BCUT2D eigenvalue weighted by atomic mass is 16.6. The van der Waals surface area contributed by atoms with Gasteiger partial charge in [-0.3, -0.25) is 14.4 Å². The van der Waals surface area contributed by atoms with Gasteiger partial charge in [0.2, 0.25) is 0 Å². The number of hydrogen-bond acceptors (Lipinski definition) is 5. The lowest BCUT2D eigenvalue weighted by Crippen LogP contribution is -2.60. The molecule has 0 radical (unpaired) electrons. The number of fused-ring (bicyclic) bond motifs is 6. The smallest absolute Gasteiger partial charge is 0.309 e. The molecule has 4 aliphatic carbocycles. The molecule has 172 valence electrons. The molecule has 4 fully saturated rings. The van der Waals surface area contributed by atoms with Gasteiger partial charge in [-0.25, -0.2) is 0 Å². The largest absolute Gasteiger partial charge is 0.469 e. The second-order valence-corrected chi connectivity index (χ2v) is 11.2. The molecule has 5 aliphatic rings. The van der Waals surface area contributed by atoms with Crippen LogP contribution in [0, 0.1) is 40.4 Å². The zero-order valence-electron chi connectivity index (χ0n) is 18.7. The first-order chi connectivity index (χ1) is 14.1. The summed E-state index contributed by atoms with van der Waals surface area (Å²) in [6.07, 6.45) is 8.18. The monoisotopic (exact) mass is 430 g/mol. The number of carbonyl (C=O) groups is 3. The van der Waals surface area contributed by atoms with Gasteiger partial charge in [0.1, 0.15) is 5.60 Å². The second kappa shape index (κ2) is 7.18. The summed E-state index contributed by atoms with van der Waals surface area (Å²) in [5.41, 5.74) is 0.652. The van der Waals surface area contributed by atoms with Crippen LogP contribution in [-0.2, 0) is 23.9 Å². The number of ether oxygens (including phenoxy) is 2. The predicted octanol–water partition coefficient (Wildman–Crippen LogP) is 4.88. The molecule has 3 saturated carbocycles. The highest BCUT2D eigenvalue weighted by Gasteiger charge is 2.70. The Balaban J connectivity index is 0.00000231. The van der Waals surface area contributed by atoms with Gasteiger partial charge >= 0.3 is 11.9 Å². The van der Waals surface area contributed by atoms with E-state index in [1.807, 2.05) is 6.08 Å². The van der Waals surface area contributed by atoms with Crippen molar-refractivity contribution in [1.82, 2.24) is 0 Å². The lowest BCUT2D eigenvalue weighted by Gasteiger charge is -2.62. The molecule has 5 nitrogen and oxygen atoms in total. The molecule has 31 heavy (non-hydrogen) atoms. The Morgan fingerprint density at radius 3 is 2.55 bits per heavy atom. The summed E-state index contributed by atoms with van der Waals surface area (Å²) in [7, 11) is 1.48. The van der Waals surface area contributed by atoms with Crippen molar-refractivity contribution < 1.29 is 23.9 Å². The minimum atomic E-state index is -0.367. The van der Waals surface area contributed by atoms with Crippen LogP contribution in [0.1, 0.15) is 79.6 Å². The van der Waals surface area contributed by atoms with E-state index in [9.17, 15) is 14.4 Å². The first-order valence-corrected chi connectivity index (χ1v) is 11.7. The van der Waals surface area contributed by atoms with Gasteiger partial charge < -0.3 is 9.47 Å². The standard InChI is InChI=1S/C25H34O5.CH4/c1-14-13-24(3)18(6-9-25(24)10-7-19(27)30-25)20-17(22(28)29-4)12-15-11-16(26)5-8-23(15,2)21(14)20;/h11,14,17-18,20-21H,5-10,12-13H2,1-4H3;1H4/t14-,17-,18?,20+,21+,23+,24+,25?;/m1./s1. The first kappa shape index (κ1) is 22.5. The van der Waals surface area contributed by atoms with Gasteiger partial charge in [-0.05, 0) is 73.7 Å². The molecule has 8 atom stereocenters. The van der Waals surface area contributed by atoms with Crippen LogP contribution >= 0.6 is 0 Å². The average Bonchev–Trinajstić information content (AvgIpc) is 3.21. The Kier molecular flexibility index (Phi) is 5.22. The van der Waals surface area contributed by atoms with Gasteiger partial charge in [-0.2, -0.15) is 0 Å². The third-order valence-electron chi connectivity index (χ3n) is 10.1. The van der Waals surface area contributed by atoms with Gasteiger partial charge in [-0.15, -0.1) is 0 Å². The SMILES string of the molecule is C.COC(=O)[C@@H]1CC2=CC(=O)CC[C@]2(C)[C@@H]2[C@@H]1C1CCC3(CCC(=O)O3)[C@@]1(C)C[C@H]2C. The van der Waals surface area contributed by atoms with E-state index < -0.39 is 0 Å². The molecule has 1 heterocycles. The summed E-state index contributed by atoms with van der Waals surface area (Å²) >= 11 is 0. The maximum Gasteiger partial charge on any atom is 0.309 e. The van der Waals surface area contributed by atoms with Crippen molar-refractivity contribution in [3.63, 3.8) is 0 Å². The molecular weight excluding hydrogens is 392 g/mol. The number of hydrogen-bond donors (Lipinski definition) is 0. The van der Waals surface area contributed by atoms with Crippen molar-refractivity contribution in [3.05, 3.63) is 11.6 Å². The van der Waals surface area contributed by atoms with Crippen LogP contribution in [0.3, 0.4) is 0 Å². The van der Waals surface area contributed by atoms with Crippen molar-refractivity contribution in [2.45, 2.75) is 85.2 Å². The van der Waals surface area contributed by atoms with Gasteiger partial charge in [-0.1, -0.05) is 33.8 Å². The summed E-state index contributed by atoms with van der Waals surface area (Å²) in [5.74, 6) is 1.04. The summed E-state index contributed by atoms with van der Waals surface area (Å²) in [5, 5.41) is 0. The Bertz CT molecular complexity index is 845. The van der Waals surface area contributed by atoms with Crippen molar-refractivity contribution in [1.29, 1.82) is 0 Å². The average molecular weight is 431 g/mol. The number of methoxy groups -OCH3 is 1. The maximum atomic E-state index is 13.0.